The minimum Gasteiger partial charge on any atom is -0.444 e. The first kappa shape index (κ1) is 20.7. The average molecular weight is 423 g/mol. The van der Waals surface area contributed by atoms with Crippen molar-refractivity contribution in [2.45, 2.75) is 39.0 Å². The number of benzene rings is 2. The van der Waals surface area contributed by atoms with Crippen molar-refractivity contribution in [3.8, 4) is 0 Å². The minimum atomic E-state index is -0.673. The molecule has 2 aliphatic heterocycles. The molecule has 1 N–H and O–H groups in total. The molecule has 0 aromatic heterocycles. The second kappa shape index (κ2) is 9.07. The first-order valence-electron chi connectivity index (χ1n) is 10.4. The fourth-order valence-electron chi connectivity index (χ4n) is 3.87. The van der Waals surface area contributed by atoms with Gasteiger partial charge in [0.15, 0.2) is 6.23 Å². The molecule has 1 fully saturated rings. The summed E-state index contributed by atoms with van der Waals surface area (Å²) in [6.45, 7) is 2.41. The Bertz CT molecular complexity index is 978. The summed E-state index contributed by atoms with van der Waals surface area (Å²) >= 11 is 0. The van der Waals surface area contributed by atoms with E-state index in [-0.39, 0.29) is 25.2 Å². The van der Waals surface area contributed by atoms with Crippen molar-refractivity contribution in [3.63, 3.8) is 0 Å². The molecule has 2 aliphatic rings. The van der Waals surface area contributed by atoms with Gasteiger partial charge in [-0.1, -0.05) is 30.3 Å². The van der Waals surface area contributed by atoms with Crippen molar-refractivity contribution < 1.29 is 23.9 Å². The second-order valence-corrected chi connectivity index (χ2v) is 7.65. The summed E-state index contributed by atoms with van der Waals surface area (Å²) in [5.41, 5.74) is 3.38. The van der Waals surface area contributed by atoms with Crippen molar-refractivity contribution >= 4 is 29.5 Å². The molecule has 1 saturated heterocycles. The molecule has 0 bridgehead atoms. The number of hydrogen-bond acceptors (Lipinski definition) is 5. The number of fused-ring (bicyclic) bond motifs is 1. The third-order valence-corrected chi connectivity index (χ3v) is 5.35. The van der Waals surface area contributed by atoms with Gasteiger partial charge < -0.3 is 14.8 Å². The van der Waals surface area contributed by atoms with Crippen LogP contribution < -0.4 is 15.1 Å². The van der Waals surface area contributed by atoms with Crippen molar-refractivity contribution in [1.82, 2.24) is 5.32 Å². The number of amides is 3. The number of anilines is 2. The molecule has 8 nitrogen and oxygen atoms in total. The largest absolute Gasteiger partial charge is 0.444 e. The van der Waals surface area contributed by atoms with Crippen LogP contribution in [0.3, 0.4) is 0 Å². The minimum absolute atomic E-state index is 0.216. The van der Waals surface area contributed by atoms with Crippen molar-refractivity contribution in [2.24, 2.45) is 0 Å². The van der Waals surface area contributed by atoms with Gasteiger partial charge in [-0.05, 0) is 48.6 Å². The maximum atomic E-state index is 12.8. The highest BCUT2D eigenvalue weighted by atomic mass is 16.6. The van der Waals surface area contributed by atoms with E-state index >= 15 is 0 Å². The highest BCUT2D eigenvalue weighted by Crippen LogP contribution is 2.32. The molecule has 0 radical (unpaired) electrons. The number of carbonyl (C=O) groups excluding carboxylic acids is 3. The van der Waals surface area contributed by atoms with E-state index in [2.05, 4.69) is 5.32 Å². The maximum Gasteiger partial charge on any atom is 0.416 e. The Morgan fingerprint density at radius 1 is 1.16 bits per heavy atom. The summed E-state index contributed by atoms with van der Waals surface area (Å²) in [5.74, 6) is -0.258. The molecule has 2 heterocycles. The standard InChI is InChI=1S/C23H25N3O5/c1-16(27)24-21-14-26(23(29)31-21)19-10-11-20-18(13-19)9-5-6-12-25(20)22(28)30-15-17-7-3-2-4-8-17/h2-4,7-8,10-11,13,21H,5-6,9,12,14-15H2,1H3,(H,24,27)/t21-/m1/s1. The predicted octanol–water partition coefficient (Wildman–Crippen LogP) is 3.58. The number of hydrogen-bond donors (Lipinski definition) is 1. The van der Waals surface area contributed by atoms with E-state index < -0.39 is 12.3 Å². The van der Waals surface area contributed by atoms with Crippen LogP contribution in [0.25, 0.3) is 0 Å². The molecule has 0 aliphatic carbocycles. The molecule has 8 heteroatoms. The molecular weight excluding hydrogens is 398 g/mol. The van der Waals surface area contributed by atoms with Gasteiger partial charge in [-0.2, -0.15) is 0 Å². The molecule has 3 amide bonds. The Morgan fingerprint density at radius 2 is 1.97 bits per heavy atom. The van der Waals surface area contributed by atoms with E-state index in [1.54, 1.807) is 11.0 Å². The van der Waals surface area contributed by atoms with Gasteiger partial charge in [0.25, 0.3) is 0 Å². The smallest absolute Gasteiger partial charge is 0.416 e. The number of nitrogens with one attached hydrogen (secondary N) is 1. The first-order chi connectivity index (χ1) is 15.0. The third kappa shape index (κ3) is 4.79. The van der Waals surface area contributed by atoms with Crippen molar-refractivity contribution in [2.75, 3.05) is 22.9 Å². The number of ether oxygens (including phenoxy) is 2. The highest BCUT2D eigenvalue weighted by Gasteiger charge is 2.33. The van der Waals surface area contributed by atoms with Crippen molar-refractivity contribution in [3.05, 3.63) is 59.7 Å². The van der Waals surface area contributed by atoms with Crippen LogP contribution in [0.2, 0.25) is 0 Å². The molecule has 2 aromatic rings. The van der Waals surface area contributed by atoms with E-state index in [1.807, 2.05) is 42.5 Å². The fourth-order valence-corrected chi connectivity index (χ4v) is 3.87. The Hall–Kier alpha value is -3.55. The van der Waals surface area contributed by atoms with Gasteiger partial charge in [-0.25, -0.2) is 9.59 Å². The van der Waals surface area contributed by atoms with E-state index in [0.717, 1.165) is 36.1 Å². The van der Waals surface area contributed by atoms with Gasteiger partial charge in [0.05, 0.1) is 12.2 Å². The predicted molar refractivity (Wildman–Crippen MR) is 115 cm³/mol. The maximum absolute atomic E-state index is 12.8. The Labute approximate surface area is 180 Å². The lowest BCUT2D eigenvalue weighted by atomic mass is 10.1. The van der Waals surface area contributed by atoms with Crippen LogP contribution in [0.4, 0.5) is 21.0 Å². The van der Waals surface area contributed by atoms with Gasteiger partial charge in [-0.3, -0.25) is 14.6 Å². The summed E-state index contributed by atoms with van der Waals surface area (Å²) in [6.07, 6.45) is 1.02. The van der Waals surface area contributed by atoms with Crippen LogP contribution in [-0.4, -0.2) is 37.4 Å². The lowest BCUT2D eigenvalue weighted by Crippen LogP contribution is -2.36. The van der Waals surface area contributed by atoms with E-state index in [0.29, 0.717) is 12.2 Å². The number of nitrogens with zero attached hydrogens (tertiary/aromatic N) is 2. The second-order valence-electron chi connectivity index (χ2n) is 7.65. The summed E-state index contributed by atoms with van der Waals surface area (Å²) in [4.78, 5) is 39.5. The molecule has 0 saturated carbocycles. The molecule has 2 aromatic carbocycles. The van der Waals surface area contributed by atoms with E-state index in [4.69, 9.17) is 9.47 Å². The highest BCUT2D eigenvalue weighted by molar-refractivity contribution is 5.93. The molecule has 0 unspecified atom stereocenters. The molecule has 162 valence electrons. The topological polar surface area (TPSA) is 88.2 Å². The lowest BCUT2D eigenvalue weighted by Gasteiger charge is -2.23. The molecule has 31 heavy (non-hydrogen) atoms. The first-order valence-corrected chi connectivity index (χ1v) is 10.4. The Balaban J connectivity index is 1.50. The number of cyclic esters (lactones) is 1. The number of carbonyl (C=O) groups is 3. The van der Waals surface area contributed by atoms with Gasteiger partial charge in [0.1, 0.15) is 6.61 Å². The third-order valence-electron chi connectivity index (χ3n) is 5.35. The zero-order valence-corrected chi connectivity index (χ0v) is 17.4. The van der Waals surface area contributed by atoms with E-state index in [1.165, 1.54) is 11.8 Å². The summed E-state index contributed by atoms with van der Waals surface area (Å²) < 4.78 is 10.8. The molecule has 4 rings (SSSR count). The Kier molecular flexibility index (Phi) is 6.06. The summed E-state index contributed by atoms with van der Waals surface area (Å²) in [6, 6.07) is 15.1. The Morgan fingerprint density at radius 3 is 2.74 bits per heavy atom. The summed E-state index contributed by atoms with van der Waals surface area (Å²) in [7, 11) is 0. The van der Waals surface area contributed by atoms with Crippen LogP contribution >= 0.6 is 0 Å². The number of rotatable bonds is 4. The average Bonchev–Trinajstić information content (AvgIpc) is 2.99. The lowest BCUT2D eigenvalue weighted by molar-refractivity contribution is -0.121. The normalized spacial score (nSPS) is 18.1. The van der Waals surface area contributed by atoms with Crippen molar-refractivity contribution in [1.29, 1.82) is 0 Å². The van der Waals surface area contributed by atoms with E-state index in [9.17, 15) is 14.4 Å². The van der Waals surface area contributed by atoms with Crippen LogP contribution in [0.1, 0.15) is 30.9 Å². The van der Waals surface area contributed by atoms with Gasteiger partial charge in [-0.15, -0.1) is 0 Å². The van der Waals surface area contributed by atoms with Gasteiger partial charge in [0.2, 0.25) is 5.91 Å². The zero-order chi connectivity index (χ0) is 21.8. The van der Waals surface area contributed by atoms with Gasteiger partial charge in [0, 0.05) is 19.2 Å². The molecule has 0 spiro atoms. The van der Waals surface area contributed by atoms with Crippen LogP contribution in [0.5, 0.6) is 0 Å². The molecule has 1 atom stereocenters. The zero-order valence-electron chi connectivity index (χ0n) is 17.4. The SMILES string of the molecule is CC(=O)N[C@H]1CN(c2ccc3c(c2)CCCCN3C(=O)OCc2ccccc2)C(=O)O1. The quantitative estimate of drug-likeness (QED) is 0.812. The van der Waals surface area contributed by atoms with Crippen LogP contribution in [0.15, 0.2) is 48.5 Å². The summed E-state index contributed by atoms with van der Waals surface area (Å²) in [5, 5.41) is 2.60. The van der Waals surface area contributed by atoms with Gasteiger partial charge >= 0.3 is 12.2 Å². The van der Waals surface area contributed by atoms with Crippen LogP contribution in [0, 0.1) is 0 Å². The van der Waals surface area contributed by atoms with Crippen LogP contribution in [-0.2, 0) is 27.3 Å². The fraction of sp³-hybridized carbons (Fsp3) is 0.348. The monoisotopic (exact) mass is 423 g/mol. The number of aryl methyl sites for hydroxylation is 1. The molecular formula is C23H25N3O5.